The fraction of sp³-hybridized carbons (Fsp3) is 1.00. The summed E-state index contributed by atoms with van der Waals surface area (Å²) in [4.78, 5) is 0. The van der Waals surface area contributed by atoms with Crippen LogP contribution < -0.4 is 0 Å². The molecular weight excluding hydrogens is 650 g/mol. The van der Waals surface area contributed by atoms with Gasteiger partial charge in [0.25, 0.3) is 0 Å². The van der Waals surface area contributed by atoms with E-state index in [2.05, 4.69) is 41.5 Å². The second kappa shape index (κ2) is 21.3. The number of rotatable bonds is 23. The van der Waals surface area contributed by atoms with E-state index in [1.165, 1.54) is 116 Å². The van der Waals surface area contributed by atoms with Crippen LogP contribution in [-0.2, 0) is 0 Å². The van der Waals surface area contributed by atoms with Crippen LogP contribution in [0.3, 0.4) is 0 Å². The summed E-state index contributed by atoms with van der Waals surface area (Å²) < 4.78 is 11.1. The van der Waals surface area contributed by atoms with Crippen molar-refractivity contribution >= 4 is 36.8 Å². The molecule has 1 nitrogen and oxygen atoms in total. The van der Waals surface area contributed by atoms with Gasteiger partial charge in [0.15, 0.2) is 0 Å². The van der Waals surface area contributed by atoms with Crippen molar-refractivity contribution in [1.29, 1.82) is 0 Å². The predicted molar refractivity (Wildman–Crippen MR) is 171 cm³/mol. The zero-order valence-corrected chi connectivity index (χ0v) is 31.9. The summed E-state index contributed by atoms with van der Waals surface area (Å²) in [6, 6.07) is 0. The average Bonchev–Trinajstić information content (AvgIpc) is 2.92. The van der Waals surface area contributed by atoms with Crippen LogP contribution in [0.5, 0.6) is 0 Å². The maximum atomic E-state index is 12.0. The van der Waals surface area contributed by atoms with Crippen LogP contribution in [0.15, 0.2) is 0 Å². The fourth-order valence-corrected chi connectivity index (χ4v) is 85.8. The van der Waals surface area contributed by atoms with E-state index in [9.17, 15) is 5.11 Å². The molecule has 0 heterocycles. The first-order chi connectivity index (χ1) is 17.5. The zero-order valence-electron chi connectivity index (χ0n) is 26.1. The molecule has 0 amide bonds. The first kappa shape index (κ1) is 35.6. The van der Waals surface area contributed by atoms with Crippen molar-refractivity contribution < 1.29 is 5.11 Å². The van der Waals surface area contributed by atoms with Gasteiger partial charge in [-0.1, -0.05) is 0 Å². The molecular formula is C33H70OSn2. The molecule has 36 heavy (non-hydrogen) atoms. The minimum absolute atomic E-state index is 0.0252. The van der Waals surface area contributed by atoms with Crippen molar-refractivity contribution in [3.63, 3.8) is 0 Å². The summed E-state index contributed by atoms with van der Waals surface area (Å²) in [6.45, 7) is 14.7. The van der Waals surface area contributed by atoms with Crippen LogP contribution in [0.1, 0.15) is 157 Å². The number of unbranched alkanes of at least 4 members (excludes halogenated alkanes) is 6. The molecule has 3 heteroatoms. The Bertz CT molecular complexity index is 426. The third-order valence-electron chi connectivity index (χ3n) is 10.3. The summed E-state index contributed by atoms with van der Waals surface area (Å²) in [5.41, 5.74) is 0. The second-order valence-corrected chi connectivity index (χ2v) is 45.9. The van der Waals surface area contributed by atoms with Crippen LogP contribution in [0.2, 0.25) is 28.6 Å². The average molecular weight is 720 g/mol. The Morgan fingerprint density at radius 1 is 0.528 bits per heavy atom. The molecule has 1 aliphatic rings. The van der Waals surface area contributed by atoms with Crippen molar-refractivity contribution in [3.05, 3.63) is 0 Å². The van der Waals surface area contributed by atoms with Gasteiger partial charge >= 0.3 is 240 Å². The van der Waals surface area contributed by atoms with Gasteiger partial charge in [0.2, 0.25) is 0 Å². The third-order valence-corrected chi connectivity index (χ3v) is 66.7. The Morgan fingerprint density at radius 3 is 1.11 bits per heavy atom. The van der Waals surface area contributed by atoms with E-state index >= 15 is 0 Å². The monoisotopic (exact) mass is 722 g/mol. The van der Waals surface area contributed by atoms with Crippen LogP contribution in [0.4, 0.5) is 0 Å². The van der Waals surface area contributed by atoms with Crippen LogP contribution in [0, 0.1) is 5.92 Å². The van der Waals surface area contributed by atoms with E-state index in [1.54, 1.807) is 26.6 Å². The number of hydrogen-bond donors (Lipinski definition) is 1. The third kappa shape index (κ3) is 12.0. The topological polar surface area (TPSA) is 20.2 Å². The molecule has 216 valence electrons. The molecule has 0 bridgehead atoms. The Kier molecular flexibility index (Phi) is 21.1. The molecule has 0 aromatic heterocycles. The zero-order chi connectivity index (χ0) is 26.7. The predicted octanol–water partition coefficient (Wildman–Crippen LogP) is 11.9. The maximum absolute atomic E-state index is 12.0. The molecule has 1 N–H and O–H groups in total. The standard InChI is InChI=1S/C9H16O.6C4H9.2Sn/c1-2-9(10)8-6-4-3-5-7-8;6*1-3-4-2;;/h1,8-10H,2-7H2;6*1,3-4H2,2H3;;. The first-order valence-electron chi connectivity index (χ1n) is 17.2. The Hall–Kier alpha value is 1.56. The fourth-order valence-electron chi connectivity index (χ4n) is 8.07. The van der Waals surface area contributed by atoms with Crippen molar-refractivity contribution in [3.8, 4) is 0 Å². The Balaban J connectivity index is 3.63. The van der Waals surface area contributed by atoms with E-state index in [4.69, 9.17) is 0 Å². The van der Waals surface area contributed by atoms with Gasteiger partial charge in [-0.2, -0.15) is 0 Å². The second-order valence-electron chi connectivity index (χ2n) is 13.1. The van der Waals surface area contributed by atoms with Crippen LogP contribution >= 0.6 is 0 Å². The van der Waals surface area contributed by atoms with E-state index in [0.29, 0.717) is 5.92 Å². The van der Waals surface area contributed by atoms with Gasteiger partial charge in [-0.15, -0.1) is 0 Å². The van der Waals surface area contributed by atoms with Gasteiger partial charge in [-0.3, -0.25) is 0 Å². The van der Waals surface area contributed by atoms with Gasteiger partial charge in [0, 0.05) is 0 Å². The number of aliphatic hydroxyl groups is 1. The van der Waals surface area contributed by atoms with E-state index < -0.39 is 36.8 Å². The van der Waals surface area contributed by atoms with Crippen molar-refractivity contribution in [1.82, 2.24) is 0 Å². The molecule has 1 aliphatic carbocycles. The quantitative estimate of drug-likeness (QED) is 0.104. The van der Waals surface area contributed by atoms with Crippen LogP contribution in [0.25, 0.3) is 0 Å². The molecule has 0 spiro atoms. The van der Waals surface area contributed by atoms with E-state index in [-0.39, 0.29) is 6.10 Å². The SMILES string of the molecule is CCC[CH2][Sn]([CH2]CCC)([CH2]CCC)[CH](CC(O)C1CCCCC1)[Sn]([CH2]CCC)([CH2]CCC)[CH2]CCC. The van der Waals surface area contributed by atoms with Gasteiger partial charge in [-0.05, 0) is 0 Å². The van der Waals surface area contributed by atoms with Crippen molar-refractivity contribution in [2.75, 3.05) is 0 Å². The summed E-state index contributed by atoms with van der Waals surface area (Å²) >= 11 is -4.96. The molecule has 0 aromatic carbocycles. The van der Waals surface area contributed by atoms with Crippen molar-refractivity contribution in [2.24, 2.45) is 5.92 Å². The van der Waals surface area contributed by atoms with Crippen molar-refractivity contribution in [2.45, 2.75) is 192 Å². The summed E-state index contributed by atoms with van der Waals surface area (Å²) in [6.07, 6.45) is 25.4. The molecule has 1 atom stereocenters. The molecule has 1 fully saturated rings. The summed E-state index contributed by atoms with van der Waals surface area (Å²) in [7, 11) is 0. The molecule has 0 radical (unpaired) electrons. The van der Waals surface area contributed by atoms with Gasteiger partial charge < -0.3 is 0 Å². The molecule has 1 rings (SSSR count). The molecule has 1 unspecified atom stereocenters. The molecule has 1 saturated carbocycles. The van der Waals surface area contributed by atoms with Crippen LogP contribution in [-0.4, -0.2) is 48.0 Å². The Labute approximate surface area is 237 Å². The Morgan fingerprint density at radius 2 is 0.833 bits per heavy atom. The van der Waals surface area contributed by atoms with Gasteiger partial charge in [0.1, 0.15) is 0 Å². The summed E-state index contributed by atoms with van der Waals surface area (Å²) in [5.74, 6) is 0.626. The van der Waals surface area contributed by atoms with E-state index in [0.717, 1.165) is 1.95 Å². The molecule has 0 aliphatic heterocycles. The van der Waals surface area contributed by atoms with Gasteiger partial charge in [0.05, 0.1) is 0 Å². The minimum atomic E-state index is -2.48. The number of hydrogen-bond acceptors (Lipinski definition) is 1. The first-order valence-corrected chi connectivity index (χ1v) is 32.6. The van der Waals surface area contributed by atoms with E-state index in [1.807, 2.05) is 0 Å². The van der Waals surface area contributed by atoms with Gasteiger partial charge in [-0.25, -0.2) is 0 Å². The normalized spacial score (nSPS) is 16.7. The number of aliphatic hydroxyl groups excluding tert-OH is 1. The summed E-state index contributed by atoms with van der Waals surface area (Å²) in [5, 5.41) is 12.0. The molecule has 0 aromatic rings. The molecule has 0 saturated heterocycles.